The van der Waals surface area contributed by atoms with Gasteiger partial charge in [0.25, 0.3) is 0 Å². The first-order chi connectivity index (χ1) is 8.33. The van der Waals surface area contributed by atoms with Crippen LogP contribution in [-0.4, -0.2) is 35.2 Å². The van der Waals surface area contributed by atoms with Crippen LogP contribution in [0.3, 0.4) is 0 Å². The second-order valence-corrected chi connectivity index (χ2v) is 3.78. The fourth-order valence-electron chi connectivity index (χ4n) is 1.47. The van der Waals surface area contributed by atoms with Crippen molar-refractivity contribution in [3.63, 3.8) is 0 Å². The number of nitrogens with zero attached hydrogens (tertiary/aromatic N) is 7. The van der Waals surface area contributed by atoms with Crippen molar-refractivity contribution in [2.24, 2.45) is 5.73 Å². The van der Waals surface area contributed by atoms with Crippen molar-refractivity contribution in [3.05, 3.63) is 17.7 Å². The van der Waals surface area contributed by atoms with Gasteiger partial charge in [-0.1, -0.05) is 18.6 Å². The number of hydrogen-bond acceptors (Lipinski definition) is 6. The van der Waals surface area contributed by atoms with Gasteiger partial charge in [-0.05, 0) is 16.8 Å². The Morgan fingerprint density at radius 2 is 2.18 bits per heavy atom. The van der Waals surface area contributed by atoms with E-state index in [4.69, 9.17) is 5.73 Å². The fourth-order valence-corrected chi connectivity index (χ4v) is 1.47. The minimum atomic E-state index is 0.390. The topological polar surface area (TPSA) is 100 Å². The summed E-state index contributed by atoms with van der Waals surface area (Å²) in [6, 6.07) is 0. The molecule has 17 heavy (non-hydrogen) atoms. The lowest BCUT2D eigenvalue weighted by Crippen LogP contribution is -2.10. The van der Waals surface area contributed by atoms with Crippen LogP contribution in [-0.2, 0) is 19.6 Å². The molecule has 2 aromatic rings. The van der Waals surface area contributed by atoms with E-state index in [9.17, 15) is 0 Å². The van der Waals surface area contributed by atoms with Crippen molar-refractivity contribution in [3.8, 4) is 0 Å². The van der Waals surface area contributed by atoms with Gasteiger partial charge in [0.2, 0.25) is 0 Å². The zero-order valence-electron chi connectivity index (χ0n) is 9.82. The predicted octanol–water partition coefficient (Wildman–Crippen LogP) is -0.428. The van der Waals surface area contributed by atoms with Crippen molar-refractivity contribution >= 4 is 0 Å². The summed E-state index contributed by atoms with van der Waals surface area (Å²) in [6.45, 7) is 3.87. The zero-order valence-corrected chi connectivity index (χ0v) is 9.82. The van der Waals surface area contributed by atoms with Gasteiger partial charge in [-0.3, -0.25) is 0 Å². The first-order valence-corrected chi connectivity index (χ1v) is 5.67. The van der Waals surface area contributed by atoms with Crippen LogP contribution >= 0.6 is 0 Å². The lowest BCUT2D eigenvalue weighted by Gasteiger charge is -2.02. The summed E-state index contributed by atoms with van der Waals surface area (Å²) in [7, 11) is 0. The monoisotopic (exact) mass is 236 g/mol. The summed E-state index contributed by atoms with van der Waals surface area (Å²) in [5.74, 6) is 0.784. The third-order valence-electron chi connectivity index (χ3n) is 2.43. The molecule has 0 aliphatic rings. The molecule has 0 aliphatic carbocycles. The average molecular weight is 236 g/mol. The Morgan fingerprint density at radius 1 is 1.29 bits per heavy atom. The van der Waals surface area contributed by atoms with Gasteiger partial charge in [0.1, 0.15) is 6.54 Å². The number of rotatable bonds is 6. The van der Waals surface area contributed by atoms with Crippen molar-refractivity contribution in [1.82, 2.24) is 35.2 Å². The number of hydrogen-bond donors (Lipinski definition) is 1. The summed E-state index contributed by atoms with van der Waals surface area (Å²) in [4.78, 5) is 0. The molecule has 0 aliphatic heterocycles. The minimum absolute atomic E-state index is 0.390. The van der Waals surface area contributed by atoms with E-state index in [1.807, 2.05) is 0 Å². The molecular formula is C9H16N8. The Morgan fingerprint density at radius 3 is 2.88 bits per heavy atom. The van der Waals surface area contributed by atoms with Gasteiger partial charge >= 0.3 is 0 Å². The van der Waals surface area contributed by atoms with Crippen LogP contribution in [0.1, 0.15) is 31.3 Å². The molecule has 0 fully saturated rings. The molecule has 0 aromatic carbocycles. The van der Waals surface area contributed by atoms with E-state index in [0.717, 1.165) is 30.9 Å². The summed E-state index contributed by atoms with van der Waals surface area (Å²) < 4.78 is 3.49. The zero-order chi connectivity index (χ0) is 12.1. The summed E-state index contributed by atoms with van der Waals surface area (Å²) >= 11 is 0. The molecule has 0 bridgehead atoms. The Bertz CT molecular complexity index is 459. The van der Waals surface area contributed by atoms with Gasteiger partial charge in [-0.15, -0.1) is 10.2 Å². The SMILES string of the molecule is CCCCn1nnnc1Cn1cc(CN)nn1. The van der Waals surface area contributed by atoms with Gasteiger partial charge < -0.3 is 5.73 Å². The Balaban J connectivity index is 2.04. The minimum Gasteiger partial charge on any atom is -0.325 e. The van der Waals surface area contributed by atoms with Crippen LogP contribution in [0.15, 0.2) is 6.20 Å². The smallest absolute Gasteiger partial charge is 0.172 e. The van der Waals surface area contributed by atoms with E-state index in [0.29, 0.717) is 13.1 Å². The second kappa shape index (κ2) is 5.48. The molecule has 0 saturated carbocycles. The van der Waals surface area contributed by atoms with Gasteiger partial charge in [-0.2, -0.15) is 0 Å². The third-order valence-corrected chi connectivity index (χ3v) is 2.43. The highest BCUT2D eigenvalue weighted by atomic mass is 15.6. The third kappa shape index (κ3) is 2.84. The number of nitrogens with two attached hydrogens (primary N) is 1. The van der Waals surface area contributed by atoms with Gasteiger partial charge in [0.05, 0.1) is 11.9 Å². The Kier molecular flexibility index (Phi) is 3.76. The number of unbranched alkanes of at least 4 members (excludes halogenated alkanes) is 1. The summed E-state index contributed by atoms with van der Waals surface area (Å²) in [5.41, 5.74) is 6.23. The van der Waals surface area contributed by atoms with Gasteiger partial charge in [0, 0.05) is 13.1 Å². The predicted molar refractivity (Wildman–Crippen MR) is 59.7 cm³/mol. The van der Waals surface area contributed by atoms with Crippen molar-refractivity contribution < 1.29 is 0 Å². The molecule has 2 rings (SSSR count). The van der Waals surface area contributed by atoms with Crippen LogP contribution < -0.4 is 5.73 Å². The fraction of sp³-hybridized carbons (Fsp3) is 0.667. The molecule has 2 N–H and O–H groups in total. The molecule has 0 amide bonds. The van der Waals surface area contributed by atoms with Crippen LogP contribution in [0.25, 0.3) is 0 Å². The van der Waals surface area contributed by atoms with Crippen molar-refractivity contribution in [1.29, 1.82) is 0 Å². The van der Waals surface area contributed by atoms with E-state index in [1.165, 1.54) is 0 Å². The largest absolute Gasteiger partial charge is 0.325 e. The molecule has 0 radical (unpaired) electrons. The summed E-state index contributed by atoms with van der Waals surface area (Å²) in [6.07, 6.45) is 3.97. The average Bonchev–Trinajstić information content (AvgIpc) is 2.96. The lowest BCUT2D eigenvalue weighted by molar-refractivity contribution is 0.511. The number of aromatic nitrogens is 7. The van der Waals surface area contributed by atoms with Crippen LogP contribution in [0, 0.1) is 0 Å². The van der Waals surface area contributed by atoms with Crippen LogP contribution in [0.2, 0.25) is 0 Å². The molecule has 0 unspecified atom stereocenters. The molecule has 0 atom stereocenters. The van der Waals surface area contributed by atoms with E-state index in [-0.39, 0.29) is 0 Å². The summed E-state index contributed by atoms with van der Waals surface area (Å²) in [5, 5.41) is 19.5. The van der Waals surface area contributed by atoms with E-state index >= 15 is 0 Å². The Labute approximate surface area is 98.8 Å². The Hall–Kier alpha value is -1.83. The van der Waals surface area contributed by atoms with Crippen LogP contribution in [0.4, 0.5) is 0 Å². The first-order valence-electron chi connectivity index (χ1n) is 5.67. The first kappa shape index (κ1) is 11.6. The molecule has 2 heterocycles. The highest BCUT2D eigenvalue weighted by Crippen LogP contribution is 2.00. The quantitative estimate of drug-likeness (QED) is 0.730. The van der Waals surface area contributed by atoms with Crippen molar-refractivity contribution in [2.75, 3.05) is 0 Å². The number of tetrazole rings is 1. The van der Waals surface area contributed by atoms with Gasteiger partial charge in [-0.25, -0.2) is 9.36 Å². The van der Waals surface area contributed by atoms with Gasteiger partial charge in [0.15, 0.2) is 5.82 Å². The highest BCUT2D eigenvalue weighted by Gasteiger charge is 2.07. The molecule has 92 valence electrons. The highest BCUT2D eigenvalue weighted by molar-refractivity contribution is 4.92. The molecule has 0 saturated heterocycles. The molecule has 0 spiro atoms. The second-order valence-electron chi connectivity index (χ2n) is 3.78. The van der Waals surface area contributed by atoms with E-state index < -0.39 is 0 Å². The van der Waals surface area contributed by atoms with E-state index in [2.05, 4.69) is 32.8 Å². The van der Waals surface area contributed by atoms with E-state index in [1.54, 1.807) is 15.6 Å². The molecular weight excluding hydrogens is 220 g/mol. The van der Waals surface area contributed by atoms with Crippen molar-refractivity contribution in [2.45, 2.75) is 39.4 Å². The number of aryl methyl sites for hydroxylation is 1. The van der Waals surface area contributed by atoms with Crippen LogP contribution in [0.5, 0.6) is 0 Å². The maximum Gasteiger partial charge on any atom is 0.172 e. The molecule has 2 aromatic heterocycles. The maximum absolute atomic E-state index is 5.47. The molecule has 8 nitrogen and oxygen atoms in total. The lowest BCUT2D eigenvalue weighted by atomic mass is 10.3. The standard InChI is InChI=1S/C9H16N8/c1-2-3-4-17-9(12-13-15-17)7-16-6-8(5-10)11-14-16/h6H,2-5,7,10H2,1H3. The normalized spacial score (nSPS) is 10.9. The maximum atomic E-state index is 5.47. The molecule has 8 heteroatoms.